The largest absolute Gasteiger partial charge is 0.380 e. The third-order valence-electron chi connectivity index (χ3n) is 5.37. The third kappa shape index (κ3) is 3.53. The van der Waals surface area contributed by atoms with Crippen LogP contribution in [0.25, 0.3) is 0 Å². The fourth-order valence-corrected chi connectivity index (χ4v) is 4.45. The first-order valence-corrected chi connectivity index (χ1v) is 8.84. The number of rotatable bonds is 3. The Morgan fingerprint density at radius 3 is 2.48 bits per heavy atom. The average molecular weight is 310 g/mol. The molecule has 2 fully saturated rings. The summed E-state index contributed by atoms with van der Waals surface area (Å²) in [5, 5.41) is 3.69. The van der Waals surface area contributed by atoms with Gasteiger partial charge >= 0.3 is 0 Å². The van der Waals surface area contributed by atoms with E-state index in [2.05, 4.69) is 5.32 Å². The van der Waals surface area contributed by atoms with E-state index in [1.54, 1.807) is 6.07 Å². The number of halogens is 2. The van der Waals surface area contributed by atoms with Crippen molar-refractivity contribution in [2.75, 3.05) is 5.32 Å². The molecule has 0 spiro atoms. The summed E-state index contributed by atoms with van der Waals surface area (Å²) in [6.45, 7) is 0. The molecule has 2 atom stereocenters. The second kappa shape index (κ2) is 7.00. The molecule has 116 valence electrons. The fourth-order valence-electron chi connectivity index (χ4n) is 4.28. The quantitative estimate of drug-likeness (QED) is 0.718. The lowest BCUT2D eigenvalue weighted by Crippen LogP contribution is -2.37. The molecule has 2 unspecified atom stereocenters. The highest BCUT2D eigenvalue weighted by Gasteiger charge is 2.32. The van der Waals surface area contributed by atoms with Gasteiger partial charge in [-0.05, 0) is 36.8 Å². The van der Waals surface area contributed by atoms with Gasteiger partial charge in [-0.2, -0.15) is 0 Å². The molecule has 1 aromatic rings. The summed E-state index contributed by atoms with van der Waals surface area (Å²) in [6, 6.07) is 5.66. The van der Waals surface area contributed by atoms with Crippen LogP contribution in [0.4, 0.5) is 10.1 Å². The molecule has 2 aliphatic carbocycles. The molecular formula is C18H25ClFN. The Morgan fingerprint density at radius 2 is 1.67 bits per heavy atom. The van der Waals surface area contributed by atoms with Crippen molar-refractivity contribution in [3.8, 4) is 0 Å². The molecule has 0 aromatic heterocycles. The molecule has 0 heterocycles. The summed E-state index contributed by atoms with van der Waals surface area (Å²) in [5.41, 5.74) is 0.579. The standard InChI is InChI=1S/C18H25ClFN/c19-15-10-6-12-17(18(15)20)21-16-11-5-4-9-14(16)13-7-2-1-3-8-13/h6,10,12-14,16,21H,1-5,7-9,11H2. The lowest BCUT2D eigenvalue weighted by Gasteiger charge is -2.40. The van der Waals surface area contributed by atoms with Gasteiger partial charge in [-0.15, -0.1) is 0 Å². The van der Waals surface area contributed by atoms with Crippen LogP contribution in [0.2, 0.25) is 5.02 Å². The summed E-state index contributed by atoms with van der Waals surface area (Å²) in [5.74, 6) is 1.24. The van der Waals surface area contributed by atoms with Gasteiger partial charge in [-0.25, -0.2) is 4.39 Å². The summed E-state index contributed by atoms with van der Waals surface area (Å²) in [4.78, 5) is 0. The van der Waals surface area contributed by atoms with Crippen LogP contribution < -0.4 is 5.32 Å². The SMILES string of the molecule is Fc1c(Cl)cccc1NC1CCCCC1C1CCCCC1. The van der Waals surface area contributed by atoms with Crippen molar-refractivity contribution >= 4 is 17.3 Å². The molecule has 1 nitrogen and oxygen atoms in total. The number of benzene rings is 1. The van der Waals surface area contributed by atoms with Gasteiger partial charge in [0.2, 0.25) is 0 Å². The predicted molar refractivity (Wildman–Crippen MR) is 87.4 cm³/mol. The zero-order chi connectivity index (χ0) is 14.7. The van der Waals surface area contributed by atoms with E-state index in [4.69, 9.17) is 11.6 Å². The molecule has 1 N–H and O–H groups in total. The zero-order valence-corrected chi connectivity index (χ0v) is 13.3. The smallest absolute Gasteiger partial charge is 0.164 e. The van der Waals surface area contributed by atoms with Crippen LogP contribution in [0, 0.1) is 17.7 Å². The Kier molecular flexibility index (Phi) is 5.05. The van der Waals surface area contributed by atoms with Crippen LogP contribution in [0.3, 0.4) is 0 Å². The molecule has 3 rings (SSSR count). The van der Waals surface area contributed by atoms with Gasteiger partial charge in [0.1, 0.15) is 0 Å². The first kappa shape index (κ1) is 15.1. The van der Waals surface area contributed by atoms with Gasteiger partial charge in [0.25, 0.3) is 0 Å². The van der Waals surface area contributed by atoms with Crippen molar-refractivity contribution in [3.05, 3.63) is 29.0 Å². The van der Waals surface area contributed by atoms with Gasteiger partial charge in [0.15, 0.2) is 5.82 Å². The van der Waals surface area contributed by atoms with E-state index in [-0.39, 0.29) is 10.8 Å². The normalized spacial score (nSPS) is 27.5. The monoisotopic (exact) mass is 309 g/mol. The maximum absolute atomic E-state index is 14.1. The number of hydrogen-bond acceptors (Lipinski definition) is 1. The van der Waals surface area contributed by atoms with Crippen LogP contribution in [0.15, 0.2) is 18.2 Å². The Balaban J connectivity index is 1.73. The Labute approximate surface area is 132 Å². The Morgan fingerprint density at radius 1 is 0.952 bits per heavy atom. The van der Waals surface area contributed by atoms with E-state index in [1.165, 1.54) is 51.4 Å². The van der Waals surface area contributed by atoms with E-state index in [1.807, 2.05) is 12.1 Å². The van der Waals surface area contributed by atoms with Crippen molar-refractivity contribution in [1.29, 1.82) is 0 Å². The first-order chi connectivity index (χ1) is 10.3. The minimum absolute atomic E-state index is 0.213. The minimum Gasteiger partial charge on any atom is -0.380 e. The molecule has 0 amide bonds. The number of hydrogen-bond donors (Lipinski definition) is 1. The maximum Gasteiger partial charge on any atom is 0.164 e. The Hall–Kier alpha value is -0.760. The number of nitrogens with one attached hydrogen (secondary N) is 1. The molecular weight excluding hydrogens is 285 g/mol. The molecule has 2 aliphatic rings. The van der Waals surface area contributed by atoms with Crippen LogP contribution in [-0.2, 0) is 0 Å². The minimum atomic E-state index is -0.299. The molecule has 0 aliphatic heterocycles. The van der Waals surface area contributed by atoms with Gasteiger partial charge in [0, 0.05) is 6.04 Å². The number of anilines is 1. The molecule has 2 saturated carbocycles. The van der Waals surface area contributed by atoms with Crippen LogP contribution in [-0.4, -0.2) is 6.04 Å². The molecule has 3 heteroatoms. The van der Waals surface area contributed by atoms with E-state index in [9.17, 15) is 4.39 Å². The summed E-state index contributed by atoms with van der Waals surface area (Å²) >= 11 is 5.90. The highest BCUT2D eigenvalue weighted by molar-refractivity contribution is 6.31. The molecule has 21 heavy (non-hydrogen) atoms. The van der Waals surface area contributed by atoms with Crippen LogP contribution >= 0.6 is 11.6 Å². The first-order valence-electron chi connectivity index (χ1n) is 8.46. The highest BCUT2D eigenvalue weighted by Crippen LogP contribution is 2.40. The second-order valence-corrected chi connectivity index (χ2v) is 7.11. The second-order valence-electron chi connectivity index (χ2n) is 6.70. The summed E-state index contributed by atoms with van der Waals surface area (Å²) in [6.07, 6.45) is 11.9. The van der Waals surface area contributed by atoms with Gasteiger partial charge in [-0.3, -0.25) is 0 Å². The zero-order valence-electron chi connectivity index (χ0n) is 12.6. The summed E-state index contributed by atoms with van der Waals surface area (Å²) in [7, 11) is 0. The molecule has 0 bridgehead atoms. The van der Waals surface area contributed by atoms with E-state index < -0.39 is 0 Å². The van der Waals surface area contributed by atoms with Crippen molar-refractivity contribution in [3.63, 3.8) is 0 Å². The predicted octanol–water partition coefficient (Wildman–Crippen LogP) is 6.03. The highest BCUT2D eigenvalue weighted by atomic mass is 35.5. The van der Waals surface area contributed by atoms with Crippen LogP contribution in [0.5, 0.6) is 0 Å². The maximum atomic E-state index is 14.1. The van der Waals surface area contributed by atoms with Gasteiger partial charge in [0.05, 0.1) is 10.7 Å². The van der Waals surface area contributed by atoms with Crippen molar-refractivity contribution in [2.45, 2.75) is 63.8 Å². The van der Waals surface area contributed by atoms with E-state index in [0.717, 1.165) is 12.3 Å². The van der Waals surface area contributed by atoms with E-state index >= 15 is 0 Å². The fraction of sp³-hybridized carbons (Fsp3) is 0.667. The lowest BCUT2D eigenvalue weighted by molar-refractivity contribution is 0.180. The molecule has 0 radical (unpaired) electrons. The average Bonchev–Trinajstić information content (AvgIpc) is 2.53. The van der Waals surface area contributed by atoms with Crippen LogP contribution in [0.1, 0.15) is 57.8 Å². The topological polar surface area (TPSA) is 12.0 Å². The summed E-state index contributed by atoms with van der Waals surface area (Å²) < 4.78 is 14.1. The Bertz CT molecular complexity index is 470. The molecule has 1 aromatic carbocycles. The third-order valence-corrected chi connectivity index (χ3v) is 5.66. The van der Waals surface area contributed by atoms with Crippen molar-refractivity contribution < 1.29 is 4.39 Å². The van der Waals surface area contributed by atoms with Crippen molar-refractivity contribution in [2.24, 2.45) is 11.8 Å². The van der Waals surface area contributed by atoms with Crippen molar-refractivity contribution in [1.82, 2.24) is 0 Å². The lowest BCUT2D eigenvalue weighted by atomic mass is 9.71. The molecule has 0 saturated heterocycles. The van der Waals surface area contributed by atoms with Gasteiger partial charge in [-0.1, -0.05) is 62.6 Å². The van der Waals surface area contributed by atoms with Gasteiger partial charge < -0.3 is 5.32 Å². The van der Waals surface area contributed by atoms with E-state index in [0.29, 0.717) is 17.6 Å².